The van der Waals surface area contributed by atoms with Crippen LogP contribution in [0.3, 0.4) is 0 Å². The van der Waals surface area contributed by atoms with Crippen LogP contribution in [-0.2, 0) is 16.6 Å². The van der Waals surface area contributed by atoms with Crippen molar-refractivity contribution in [1.82, 2.24) is 4.72 Å². The van der Waals surface area contributed by atoms with Gasteiger partial charge in [0, 0.05) is 6.54 Å². The second kappa shape index (κ2) is 7.13. The number of hydrogen-bond donors (Lipinski definition) is 1. The summed E-state index contributed by atoms with van der Waals surface area (Å²) in [6.07, 6.45) is 0. The Labute approximate surface area is 145 Å². The molecule has 0 aliphatic carbocycles. The summed E-state index contributed by atoms with van der Waals surface area (Å²) in [7, 11) is -3.75. The summed E-state index contributed by atoms with van der Waals surface area (Å²) in [6, 6.07) is 19.3. The lowest BCUT2D eigenvalue weighted by atomic mass is 10.1. The molecule has 6 heteroatoms. The van der Waals surface area contributed by atoms with E-state index in [4.69, 9.17) is 0 Å². The van der Waals surface area contributed by atoms with Gasteiger partial charge in [-0.1, -0.05) is 48.5 Å². The monoisotopic (exact) mass is 359 g/mol. The summed E-state index contributed by atoms with van der Waals surface area (Å²) in [6.45, 7) is -0.125. The first-order valence-corrected chi connectivity index (χ1v) is 9.03. The molecule has 25 heavy (non-hydrogen) atoms. The lowest BCUT2D eigenvalue weighted by Crippen LogP contribution is -2.23. The van der Waals surface area contributed by atoms with E-state index in [0.29, 0.717) is 5.56 Å². The Kier molecular flexibility index (Phi) is 4.92. The Bertz CT molecular complexity index is 972. The van der Waals surface area contributed by atoms with Crippen LogP contribution < -0.4 is 4.72 Å². The highest BCUT2D eigenvalue weighted by Gasteiger charge is 2.14. The smallest absolute Gasteiger partial charge is 0.207 e. The topological polar surface area (TPSA) is 46.2 Å². The van der Waals surface area contributed by atoms with Crippen molar-refractivity contribution in [2.45, 2.75) is 11.4 Å². The first kappa shape index (κ1) is 17.3. The molecule has 0 saturated heterocycles. The summed E-state index contributed by atoms with van der Waals surface area (Å²) < 4.78 is 53.1. The normalized spacial score (nSPS) is 11.4. The predicted octanol–water partition coefficient (Wildman–Crippen LogP) is 4.11. The largest absolute Gasteiger partial charge is 0.240 e. The zero-order valence-electron chi connectivity index (χ0n) is 13.1. The van der Waals surface area contributed by atoms with Gasteiger partial charge in [-0.05, 0) is 41.0 Å². The quantitative estimate of drug-likeness (QED) is 0.745. The van der Waals surface area contributed by atoms with Gasteiger partial charge in [-0.25, -0.2) is 21.9 Å². The molecule has 0 saturated carbocycles. The average molecular weight is 359 g/mol. The van der Waals surface area contributed by atoms with Crippen LogP contribution in [0, 0.1) is 11.6 Å². The summed E-state index contributed by atoms with van der Waals surface area (Å²) in [5.74, 6) is -1.98. The standard InChI is InChI=1S/C19H15F2NO2S/c20-18-11-6-14(12-19(18)21)13-22-25(23,24)17-9-7-16(8-10-17)15-4-2-1-3-5-15/h1-12,22H,13H2. The van der Waals surface area contributed by atoms with Gasteiger partial charge in [-0.3, -0.25) is 0 Å². The van der Waals surface area contributed by atoms with Gasteiger partial charge in [0.1, 0.15) is 0 Å². The number of sulfonamides is 1. The minimum Gasteiger partial charge on any atom is -0.207 e. The molecule has 3 nitrogen and oxygen atoms in total. The fourth-order valence-corrected chi connectivity index (χ4v) is 3.39. The van der Waals surface area contributed by atoms with Gasteiger partial charge in [-0.2, -0.15) is 0 Å². The van der Waals surface area contributed by atoms with Crippen molar-refractivity contribution in [3.05, 3.63) is 90.0 Å². The zero-order chi connectivity index (χ0) is 17.9. The molecule has 3 rings (SSSR count). The summed E-state index contributed by atoms with van der Waals surface area (Å²) in [5, 5.41) is 0. The lowest BCUT2D eigenvalue weighted by molar-refractivity contribution is 0.506. The van der Waals surface area contributed by atoms with Crippen LogP contribution in [-0.4, -0.2) is 8.42 Å². The summed E-state index contributed by atoms with van der Waals surface area (Å²) >= 11 is 0. The van der Waals surface area contributed by atoms with Gasteiger partial charge >= 0.3 is 0 Å². The van der Waals surface area contributed by atoms with Gasteiger partial charge in [0.15, 0.2) is 11.6 Å². The fourth-order valence-electron chi connectivity index (χ4n) is 2.37. The first-order valence-electron chi connectivity index (χ1n) is 7.55. The minimum absolute atomic E-state index is 0.106. The van der Waals surface area contributed by atoms with Crippen LogP contribution >= 0.6 is 0 Å². The van der Waals surface area contributed by atoms with E-state index >= 15 is 0 Å². The number of benzene rings is 3. The maximum atomic E-state index is 13.2. The molecule has 0 aliphatic rings. The summed E-state index contributed by atoms with van der Waals surface area (Å²) in [4.78, 5) is 0.106. The second-order valence-electron chi connectivity index (χ2n) is 5.46. The molecule has 0 unspecified atom stereocenters. The molecule has 3 aromatic carbocycles. The fraction of sp³-hybridized carbons (Fsp3) is 0.0526. The molecular formula is C19H15F2NO2S. The third-order valence-corrected chi connectivity index (χ3v) is 5.14. The maximum Gasteiger partial charge on any atom is 0.240 e. The highest BCUT2D eigenvalue weighted by atomic mass is 32.2. The van der Waals surface area contributed by atoms with E-state index in [1.807, 2.05) is 30.3 Å². The lowest BCUT2D eigenvalue weighted by Gasteiger charge is -2.08. The van der Waals surface area contributed by atoms with Crippen LogP contribution in [0.5, 0.6) is 0 Å². The van der Waals surface area contributed by atoms with Crippen LogP contribution in [0.1, 0.15) is 5.56 Å². The molecule has 0 bridgehead atoms. The molecule has 0 heterocycles. The van der Waals surface area contributed by atoms with E-state index in [1.165, 1.54) is 18.2 Å². The van der Waals surface area contributed by atoms with Gasteiger partial charge in [-0.15, -0.1) is 0 Å². The predicted molar refractivity (Wildman–Crippen MR) is 92.3 cm³/mol. The Hall–Kier alpha value is -2.57. The molecule has 128 valence electrons. The van der Waals surface area contributed by atoms with Crippen molar-refractivity contribution in [3.8, 4) is 11.1 Å². The van der Waals surface area contributed by atoms with Crippen LogP contribution in [0.2, 0.25) is 0 Å². The van der Waals surface area contributed by atoms with E-state index in [-0.39, 0.29) is 11.4 Å². The third kappa shape index (κ3) is 4.10. The molecule has 1 N–H and O–H groups in total. The van der Waals surface area contributed by atoms with Crippen LogP contribution in [0.15, 0.2) is 77.7 Å². The van der Waals surface area contributed by atoms with Crippen LogP contribution in [0.25, 0.3) is 11.1 Å². The number of halogens is 2. The second-order valence-corrected chi connectivity index (χ2v) is 7.23. The zero-order valence-corrected chi connectivity index (χ0v) is 13.9. The van der Waals surface area contributed by atoms with Crippen molar-refractivity contribution < 1.29 is 17.2 Å². The first-order chi connectivity index (χ1) is 12.0. The molecule has 0 atom stereocenters. The number of hydrogen-bond acceptors (Lipinski definition) is 2. The Balaban J connectivity index is 1.74. The molecule has 0 aliphatic heterocycles. The van der Waals surface area contributed by atoms with Crippen molar-refractivity contribution in [3.63, 3.8) is 0 Å². The molecule has 0 aromatic heterocycles. The third-order valence-electron chi connectivity index (χ3n) is 3.72. The Morgan fingerprint density at radius 3 is 2.04 bits per heavy atom. The van der Waals surface area contributed by atoms with E-state index in [0.717, 1.165) is 23.3 Å². The molecule has 0 amide bonds. The van der Waals surface area contributed by atoms with Crippen molar-refractivity contribution in [1.29, 1.82) is 0 Å². The molecule has 0 fully saturated rings. The van der Waals surface area contributed by atoms with Crippen LogP contribution in [0.4, 0.5) is 8.78 Å². The highest BCUT2D eigenvalue weighted by Crippen LogP contribution is 2.21. The van der Waals surface area contributed by atoms with Gasteiger partial charge in [0.05, 0.1) is 4.90 Å². The molecule has 0 radical (unpaired) electrons. The van der Waals surface area contributed by atoms with Gasteiger partial charge in [0.25, 0.3) is 0 Å². The molecule has 0 spiro atoms. The van der Waals surface area contributed by atoms with Gasteiger partial charge in [0.2, 0.25) is 10.0 Å². The van der Waals surface area contributed by atoms with E-state index in [9.17, 15) is 17.2 Å². The SMILES string of the molecule is O=S(=O)(NCc1ccc(F)c(F)c1)c1ccc(-c2ccccc2)cc1. The summed E-state index contributed by atoms with van der Waals surface area (Å²) in [5.41, 5.74) is 2.23. The van der Waals surface area contributed by atoms with E-state index < -0.39 is 21.7 Å². The van der Waals surface area contributed by atoms with Gasteiger partial charge < -0.3 is 0 Å². The number of rotatable bonds is 5. The average Bonchev–Trinajstić information content (AvgIpc) is 2.64. The number of nitrogens with one attached hydrogen (secondary N) is 1. The molecular weight excluding hydrogens is 344 g/mol. The van der Waals surface area contributed by atoms with Crippen molar-refractivity contribution in [2.75, 3.05) is 0 Å². The van der Waals surface area contributed by atoms with Crippen molar-refractivity contribution >= 4 is 10.0 Å². The minimum atomic E-state index is -3.75. The molecule has 3 aromatic rings. The highest BCUT2D eigenvalue weighted by molar-refractivity contribution is 7.89. The maximum absolute atomic E-state index is 13.2. The van der Waals surface area contributed by atoms with Crippen molar-refractivity contribution in [2.24, 2.45) is 0 Å². The Morgan fingerprint density at radius 2 is 1.40 bits per heavy atom. The van der Waals surface area contributed by atoms with E-state index in [1.54, 1.807) is 12.1 Å². The Morgan fingerprint density at radius 1 is 0.760 bits per heavy atom. The van der Waals surface area contributed by atoms with E-state index in [2.05, 4.69) is 4.72 Å².